The number of amides is 1. The Morgan fingerprint density at radius 1 is 0.889 bits per heavy atom. The van der Waals surface area contributed by atoms with Crippen molar-refractivity contribution in [2.45, 2.75) is 26.8 Å². The van der Waals surface area contributed by atoms with Crippen LogP contribution in [0.15, 0.2) is 85.5 Å². The molecule has 3 aromatic carbocycles. The summed E-state index contributed by atoms with van der Waals surface area (Å²) >= 11 is 1.54. The molecule has 5 rings (SSSR count). The normalized spacial score (nSPS) is 11.1. The van der Waals surface area contributed by atoms with Crippen molar-refractivity contribution in [2.75, 3.05) is 11.4 Å². The lowest BCUT2D eigenvalue weighted by atomic mass is 10.0. The monoisotopic (exact) mass is 494 g/mol. The summed E-state index contributed by atoms with van der Waals surface area (Å²) in [6.45, 7) is 5.37. The van der Waals surface area contributed by atoms with Crippen LogP contribution in [0.25, 0.3) is 10.2 Å². The Morgan fingerprint density at radius 3 is 2.28 bits per heavy atom. The van der Waals surface area contributed by atoms with Crippen LogP contribution in [-0.2, 0) is 6.54 Å². The van der Waals surface area contributed by atoms with Gasteiger partial charge >= 0.3 is 0 Å². The van der Waals surface area contributed by atoms with Crippen molar-refractivity contribution in [1.82, 2.24) is 14.5 Å². The Kier molecular flexibility index (Phi) is 6.73. The molecule has 0 N–H and O–H groups in total. The zero-order valence-corrected chi connectivity index (χ0v) is 21.0. The molecule has 0 unspecified atom stereocenters. The highest BCUT2D eigenvalue weighted by molar-refractivity contribution is 7.22. The Morgan fingerprint density at radius 2 is 1.58 bits per heavy atom. The standard InChI is InChI=1S/C29H26N4O2S/c1-20-9-10-21(2)27-25(20)31-29(36-27)33(17-6-16-32-18-15-30-19-32)28(35)24-13-11-23(12-14-24)26(34)22-7-4-3-5-8-22/h3-5,7-15,18-19H,6,16-17H2,1-2H3. The first-order valence-electron chi connectivity index (χ1n) is 11.9. The summed E-state index contributed by atoms with van der Waals surface area (Å²) in [4.78, 5) is 37.2. The smallest absolute Gasteiger partial charge is 0.260 e. The van der Waals surface area contributed by atoms with E-state index in [-0.39, 0.29) is 11.7 Å². The predicted molar refractivity (Wildman–Crippen MR) is 144 cm³/mol. The van der Waals surface area contributed by atoms with Gasteiger partial charge in [-0.2, -0.15) is 0 Å². The summed E-state index contributed by atoms with van der Waals surface area (Å²) in [6, 6.07) is 20.2. The van der Waals surface area contributed by atoms with Gasteiger partial charge in [-0.1, -0.05) is 65.9 Å². The Labute approximate surface area is 213 Å². The van der Waals surface area contributed by atoms with E-state index in [1.165, 1.54) is 0 Å². The van der Waals surface area contributed by atoms with E-state index < -0.39 is 0 Å². The first-order valence-corrected chi connectivity index (χ1v) is 12.7. The van der Waals surface area contributed by atoms with Crippen LogP contribution in [0, 0.1) is 13.8 Å². The van der Waals surface area contributed by atoms with Gasteiger partial charge in [-0.25, -0.2) is 9.97 Å². The van der Waals surface area contributed by atoms with Crippen LogP contribution >= 0.6 is 11.3 Å². The number of nitrogens with zero attached hydrogens (tertiary/aromatic N) is 4. The fraction of sp³-hybridized carbons (Fsp3) is 0.172. The summed E-state index contributed by atoms with van der Waals surface area (Å²) in [7, 11) is 0. The van der Waals surface area contributed by atoms with Gasteiger partial charge in [-0.15, -0.1) is 0 Å². The van der Waals surface area contributed by atoms with Gasteiger partial charge in [0.2, 0.25) is 0 Å². The molecule has 0 spiro atoms. The molecule has 0 aliphatic carbocycles. The zero-order chi connectivity index (χ0) is 25.1. The largest absolute Gasteiger partial charge is 0.337 e. The van der Waals surface area contributed by atoms with Crippen LogP contribution in [0.3, 0.4) is 0 Å². The van der Waals surface area contributed by atoms with Crippen LogP contribution < -0.4 is 4.90 Å². The van der Waals surface area contributed by atoms with Crippen molar-refractivity contribution in [3.8, 4) is 0 Å². The molecule has 180 valence electrons. The number of carbonyl (C=O) groups excluding carboxylic acids is 2. The second-order valence-electron chi connectivity index (χ2n) is 8.76. The van der Waals surface area contributed by atoms with Gasteiger partial charge in [0.05, 0.1) is 16.5 Å². The van der Waals surface area contributed by atoms with E-state index in [2.05, 4.69) is 24.0 Å². The van der Waals surface area contributed by atoms with E-state index in [0.29, 0.717) is 28.4 Å². The van der Waals surface area contributed by atoms with Crippen LogP contribution in [0.2, 0.25) is 0 Å². The summed E-state index contributed by atoms with van der Waals surface area (Å²) in [6.07, 6.45) is 6.19. The van der Waals surface area contributed by atoms with Gasteiger partial charge < -0.3 is 4.57 Å². The maximum Gasteiger partial charge on any atom is 0.260 e. The highest BCUT2D eigenvalue weighted by Gasteiger charge is 2.22. The minimum Gasteiger partial charge on any atom is -0.337 e. The number of hydrogen-bond acceptors (Lipinski definition) is 5. The number of ketones is 1. The molecule has 7 heteroatoms. The summed E-state index contributed by atoms with van der Waals surface area (Å²) in [5.74, 6) is -0.197. The van der Waals surface area contributed by atoms with E-state index >= 15 is 0 Å². The minimum absolute atomic E-state index is 0.0658. The molecule has 0 atom stereocenters. The molecule has 2 aromatic heterocycles. The van der Waals surface area contributed by atoms with Gasteiger partial charge in [0.25, 0.3) is 5.91 Å². The van der Waals surface area contributed by atoms with Crippen LogP contribution in [0.1, 0.15) is 43.8 Å². The summed E-state index contributed by atoms with van der Waals surface area (Å²) < 4.78 is 3.10. The lowest BCUT2D eigenvalue weighted by Gasteiger charge is -2.20. The lowest BCUT2D eigenvalue weighted by molar-refractivity contribution is 0.0984. The first-order chi connectivity index (χ1) is 17.5. The molecule has 0 radical (unpaired) electrons. The molecule has 0 aliphatic rings. The van der Waals surface area contributed by atoms with Crippen molar-refractivity contribution in [1.29, 1.82) is 0 Å². The number of benzene rings is 3. The number of anilines is 1. The highest BCUT2D eigenvalue weighted by Crippen LogP contribution is 2.34. The van der Waals surface area contributed by atoms with Crippen LogP contribution in [-0.4, -0.2) is 32.8 Å². The van der Waals surface area contributed by atoms with Crippen LogP contribution in [0.4, 0.5) is 5.13 Å². The van der Waals surface area contributed by atoms with Gasteiger partial charge in [0, 0.05) is 42.2 Å². The van der Waals surface area contributed by atoms with Gasteiger partial charge in [-0.3, -0.25) is 14.5 Å². The maximum absolute atomic E-state index is 13.7. The second-order valence-corrected chi connectivity index (χ2v) is 9.73. The van der Waals surface area contributed by atoms with Crippen molar-refractivity contribution in [3.05, 3.63) is 113 Å². The van der Waals surface area contributed by atoms with Gasteiger partial charge in [0.1, 0.15) is 0 Å². The molecule has 36 heavy (non-hydrogen) atoms. The SMILES string of the molecule is Cc1ccc(C)c2sc(N(CCCn3ccnc3)C(=O)c3ccc(C(=O)c4ccccc4)cc3)nc12. The molecule has 0 saturated carbocycles. The number of aromatic nitrogens is 3. The van der Waals surface area contributed by atoms with E-state index in [9.17, 15) is 9.59 Å². The third-order valence-electron chi connectivity index (χ3n) is 6.19. The molecule has 0 saturated heterocycles. The van der Waals surface area contributed by atoms with Gasteiger partial charge in [-0.05, 0) is 43.5 Å². The van der Waals surface area contributed by atoms with Crippen molar-refractivity contribution >= 4 is 38.4 Å². The zero-order valence-electron chi connectivity index (χ0n) is 20.2. The fourth-order valence-electron chi connectivity index (χ4n) is 4.15. The number of imidazole rings is 1. The third kappa shape index (κ3) is 4.83. The molecule has 6 nitrogen and oxygen atoms in total. The number of thiazole rings is 1. The van der Waals surface area contributed by atoms with E-state index in [4.69, 9.17) is 4.98 Å². The van der Waals surface area contributed by atoms with E-state index in [0.717, 1.165) is 34.3 Å². The summed E-state index contributed by atoms with van der Waals surface area (Å²) in [5, 5.41) is 0.683. The molecular formula is C29H26N4O2S. The molecule has 0 aliphatic heterocycles. The summed E-state index contributed by atoms with van der Waals surface area (Å²) in [5.41, 5.74) is 4.87. The lowest BCUT2D eigenvalue weighted by Crippen LogP contribution is -2.32. The van der Waals surface area contributed by atoms with Crippen molar-refractivity contribution < 1.29 is 9.59 Å². The second kappa shape index (κ2) is 10.3. The highest BCUT2D eigenvalue weighted by atomic mass is 32.1. The van der Waals surface area contributed by atoms with E-state index in [1.807, 2.05) is 35.9 Å². The van der Waals surface area contributed by atoms with Gasteiger partial charge in [0.15, 0.2) is 10.9 Å². The molecule has 1 amide bonds. The third-order valence-corrected chi connectivity index (χ3v) is 7.41. The molecular weight excluding hydrogens is 468 g/mol. The number of hydrogen-bond donors (Lipinski definition) is 0. The minimum atomic E-state index is -0.131. The number of carbonyl (C=O) groups is 2. The fourth-order valence-corrected chi connectivity index (χ4v) is 5.29. The first kappa shape index (κ1) is 23.6. The molecule has 5 aromatic rings. The molecule has 2 heterocycles. The molecule has 0 fully saturated rings. The van der Waals surface area contributed by atoms with Crippen molar-refractivity contribution in [2.24, 2.45) is 0 Å². The predicted octanol–water partition coefficient (Wildman–Crippen LogP) is 6.08. The Balaban J connectivity index is 1.43. The quantitative estimate of drug-likeness (QED) is 0.245. The topological polar surface area (TPSA) is 68.1 Å². The molecule has 0 bridgehead atoms. The average Bonchev–Trinajstić information content (AvgIpc) is 3.60. The van der Waals surface area contributed by atoms with E-state index in [1.54, 1.807) is 65.2 Å². The van der Waals surface area contributed by atoms with Crippen molar-refractivity contribution in [3.63, 3.8) is 0 Å². The number of fused-ring (bicyclic) bond motifs is 1. The number of aryl methyl sites for hydroxylation is 3. The average molecular weight is 495 g/mol. The number of rotatable bonds is 8. The Bertz CT molecular complexity index is 1470. The van der Waals surface area contributed by atoms with Crippen LogP contribution in [0.5, 0.6) is 0 Å². The Hall–Kier alpha value is -4.10. The maximum atomic E-state index is 13.7.